The van der Waals surface area contributed by atoms with Crippen LogP contribution in [0, 0.1) is 0 Å². The number of benzene rings is 11. The average Bonchev–Trinajstić information content (AvgIpc) is 3.88. The number of hydrogen-bond acceptors (Lipinski definition) is 1. The van der Waals surface area contributed by atoms with Gasteiger partial charge in [0.25, 0.3) is 0 Å². The van der Waals surface area contributed by atoms with E-state index < -0.39 is 13.5 Å². The number of hydrogen-bond donors (Lipinski definition) is 0. The quantitative estimate of drug-likeness (QED) is 0.138. The van der Waals surface area contributed by atoms with Gasteiger partial charge in [-0.25, -0.2) is 0 Å². The molecule has 0 radical (unpaired) electrons. The van der Waals surface area contributed by atoms with Crippen LogP contribution in [0.25, 0.3) is 44.2 Å². The average molecular weight is 868 g/mol. The molecule has 0 saturated heterocycles. The maximum atomic E-state index is 2.48. The zero-order valence-corrected chi connectivity index (χ0v) is 37.9. The summed E-state index contributed by atoms with van der Waals surface area (Å²) in [7, 11) is -2.63. The SMILES string of the molecule is c1ccc(C2(c3cccc(N(c4ccc(-c5cccc([Si]6(c7ccccc7)c7ccccc7-c7ccccc76)c5)cc4)c4ccc5ccccc5c4)c3)c3ccccc3-c3ccccc32)cc1. The van der Waals surface area contributed by atoms with E-state index in [2.05, 4.69) is 278 Å². The molecule has 0 N–H and O–H groups in total. The number of anilines is 3. The van der Waals surface area contributed by atoms with Crippen molar-refractivity contribution in [3.8, 4) is 33.4 Å². The van der Waals surface area contributed by atoms with Gasteiger partial charge in [-0.05, 0) is 124 Å². The molecule has 0 bridgehead atoms. The standard InChI is InChI=1S/C65H45NSi/c1-3-22-50(23-4-1)65(61-33-13-9-29-57(61)58-30-10-14-34-62(58)65)51-24-18-25-53(45-51)66(54-42-39-46-19-7-8-20-48(46)43-54)52-40-37-47(38-41-52)49-21-17-28-56(44-49)67(55-26-5-2-6-27-55)63-35-15-11-31-59(63)60-32-12-16-36-64(60)67/h1-45H. The van der Waals surface area contributed by atoms with Crippen LogP contribution in [-0.4, -0.2) is 8.07 Å². The fourth-order valence-electron chi connectivity index (χ4n) is 11.8. The van der Waals surface area contributed by atoms with E-state index >= 15 is 0 Å². The van der Waals surface area contributed by atoms with Gasteiger partial charge in [0, 0.05) is 17.1 Å². The van der Waals surface area contributed by atoms with Crippen molar-refractivity contribution >= 4 is 56.7 Å². The molecule has 1 aliphatic carbocycles. The fourth-order valence-corrected chi connectivity index (χ4v) is 17.0. The zero-order chi connectivity index (χ0) is 44.4. The summed E-state index contributed by atoms with van der Waals surface area (Å²) in [5, 5.41) is 8.16. The van der Waals surface area contributed by atoms with Crippen LogP contribution in [0.5, 0.6) is 0 Å². The molecule has 1 heterocycles. The van der Waals surface area contributed by atoms with Gasteiger partial charge in [0.2, 0.25) is 0 Å². The Morgan fingerprint density at radius 2 is 0.791 bits per heavy atom. The molecule has 2 heteroatoms. The Morgan fingerprint density at radius 3 is 1.48 bits per heavy atom. The topological polar surface area (TPSA) is 3.24 Å². The third-order valence-electron chi connectivity index (χ3n) is 14.6. The first-order valence-corrected chi connectivity index (χ1v) is 25.3. The zero-order valence-electron chi connectivity index (χ0n) is 36.9. The first kappa shape index (κ1) is 39.1. The Bertz CT molecular complexity index is 3560. The molecular formula is C65H45NSi. The highest BCUT2D eigenvalue weighted by molar-refractivity contribution is 7.22. The lowest BCUT2D eigenvalue weighted by Gasteiger charge is -2.35. The molecule has 13 rings (SSSR count). The van der Waals surface area contributed by atoms with E-state index in [-0.39, 0.29) is 0 Å². The summed E-state index contributed by atoms with van der Waals surface area (Å²) in [6.45, 7) is 0. The highest BCUT2D eigenvalue weighted by Gasteiger charge is 2.49. The number of nitrogens with zero attached hydrogens (tertiary/aromatic N) is 1. The van der Waals surface area contributed by atoms with E-state index in [1.165, 1.54) is 87.2 Å². The van der Waals surface area contributed by atoms with Gasteiger partial charge >= 0.3 is 0 Å². The normalized spacial score (nSPS) is 13.6. The molecule has 0 aromatic heterocycles. The van der Waals surface area contributed by atoms with E-state index in [0.717, 1.165) is 17.1 Å². The fraction of sp³-hybridized carbons (Fsp3) is 0.0154. The molecule has 0 fully saturated rings. The van der Waals surface area contributed by atoms with E-state index in [0.29, 0.717) is 0 Å². The van der Waals surface area contributed by atoms with Gasteiger partial charge in [-0.2, -0.15) is 0 Å². The highest BCUT2D eigenvalue weighted by atomic mass is 28.3. The second kappa shape index (κ2) is 15.7. The summed E-state index contributed by atoms with van der Waals surface area (Å²) in [4.78, 5) is 2.44. The molecule has 1 nitrogen and oxygen atoms in total. The molecule has 0 unspecified atom stereocenters. The molecule has 314 valence electrons. The van der Waals surface area contributed by atoms with Gasteiger partial charge in [0.15, 0.2) is 8.07 Å². The molecule has 67 heavy (non-hydrogen) atoms. The van der Waals surface area contributed by atoms with Crippen LogP contribution in [0.15, 0.2) is 273 Å². The number of rotatable bonds is 8. The minimum Gasteiger partial charge on any atom is -0.310 e. The van der Waals surface area contributed by atoms with Crippen molar-refractivity contribution in [3.63, 3.8) is 0 Å². The Morgan fingerprint density at radius 1 is 0.284 bits per heavy atom. The lowest BCUT2D eigenvalue weighted by atomic mass is 9.67. The summed E-state index contributed by atoms with van der Waals surface area (Å²) in [6, 6.07) is 102. The van der Waals surface area contributed by atoms with Crippen molar-refractivity contribution in [2.75, 3.05) is 4.90 Å². The first-order valence-electron chi connectivity index (χ1n) is 23.3. The monoisotopic (exact) mass is 867 g/mol. The van der Waals surface area contributed by atoms with Crippen LogP contribution in [0.1, 0.15) is 22.3 Å². The van der Waals surface area contributed by atoms with Crippen molar-refractivity contribution in [2.24, 2.45) is 0 Å². The van der Waals surface area contributed by atoms with Crippen molar-refractivity contribution in [1.29, 1.82) is 0 Å². The van der Waals surface area contributed by atoms with Crippen LogP contribution in [-0.2, 0) is 5.41 Å². The molecule has 11 aromatic rings. The van der Waals surface area contributed by atoms with Crippen LogP contribution in [0.4, 0.5) is 17.1 Å². The summed E-state index contributed by atoms with van der Waals surface area (Å²) >= 11 is 0. The Kier molecular flexibility index (Phi) is 9.16. The van der Waals surface area contributed by atoms with Crippen molar-refractivity contribution < 1.29 is 0 Å². The van der Waals surface area contributed by atoms with Gasteiger partial charge in [-0.15, -0.1) is 0 Å². The van der Waals surface area contributed by atoms with E-state index in [4.69, 9.17) is 0 Å². The predicted octanol–water partition coefficient (Wildman–Crippen LogP) is 13.7. The van der Waals surface area contributed by atoms with Gasteiger partial charge < -0.3 is 4.90 Å². The Labute approximate surface area is 393 Å². The largest absolute Gasteiger partial charge is 0.310 e. The van der Waals surface area contributed by atoms with Crippen molar-refractivity contribution in [1.82, 2.24) is 0 Å². The first-order chi connectivity index (χ1) is 33.2. The van der Waals surface area contributed by atoms with Gasteiger partial charge in [-0.3, -0.25) is 0 Å². The summed E-state index contributed by atoms with van der Waals surface area (Å²) < 4.78 is 0. The summed E-state index contributed by atoms with van der Waals surface area (Å²) in [5.74, 6) is 0. The van der Waals surface area contributed by atoms with Crippen molar-refractivity contribution in [3.05, 3.63) is 295 Å². The van der Waals surface area contributed by atoms with Crippen LogP contribution < -0.4 is 25.6 Å². The Balaban J connectivity index is 0.965. The second-order valence-corrected chi connectivity index (χ2v) is 21.7. The van der Waals surface area contributed by atoms with Crippen molar-refractivity contribution in [2.45, 2.75) is 5.41 Å². The maximum absolute atomic E-state index is 2.63. The minimum atomic E-state index is -2.63. The maximum Gasteiger partial charge on any atom is 0.180 e. The smallest absolute Gasteiger partial charge is 0.180 e. The molecule has 11 aromatic carbocycles. The molecule has 0 atom stereocenters. The minimum absolute atomic E-state index is 0.505. The van der Waals surface area contributed by atoms with Gasteiger partial charge in [0.1, 0.15) is 0 Å². The molecular weight excluding hydrogens is 823 g/mol. The highest BCUT2D eigenvalue weighted by Crippen LogP contribution is 2.56. The van der Waals surface area contributed by atoms with Crippen LogP contribution >= 0.6 is 0 Å². The van der Waals surface area contributed by atoms with E-state index in [1.54, 1.807) is 0 Å². The number of fused-ring (bicyclic) bond motifs is 7. The third kappa shape index (κ3) is 5.93. The lowest BCUT2D eigenvalue weighted by Crippen LogP contribution is -2.72. The van der Waals surface area contributed by atoms with Gasteiger partial charge in [0.05, 0.1) is 5.41 Å². The molecule has 0 saturated carbocycles. The van der Waals surface area contributed by atoms with Crippen LogP contribution in [0.3, 0.4) is 0 Å². The Hall–Kier alpha value is -8.30. The second-order valence-electron chi connectivity index (χ2n) is 18.0. The third-order valence-corrected chi connectivity index (χ3v) is 19.5. The lowest BCUT2D eigenvalue weighted by molar-refractivity contribution is 0.768. The summed E-state index contributed by atoms with van der Waals surface area (Å²) in [6.07, 6.45) is 0. The van der Waals surface area contributed by atoms with Gasteiger partial charge in [-0.1, -0.05) is 237 Å². The van der Waals surface area contributed by atoms with E-state index in [9.17, 15) is 0 Å². The van der Waals surface area contributed by atoms with E-state index in [1.807, 2.05) is 0 Å². The van der Waals surface area contributed by atoms with Crippen LogP contribution in [0.2, 0.25) is 0 Å². The summed E-state index contributed by atoms with van der Waals surface area (Å²) in [5.41, 5.74) is 15.6. The molecule has 0 amide bonds. The molecule has 0 spiro atoms. The molecule has 2 aliphatic rings. The predicted molar refractivity (Wildman–Crippen MR) is 284 cm³/mol. The molecule has 1 aliphatic heterocycles.